The first-order valence-electron chi connectivity index (χ1n) is 9.90. The molecule has 0 saturated carbocycles. The summed E-state index contributed by atoms with van der Waals surface area (Å²) in [6.07, 6.45) is -0.780. The normalized spacial score (nSPS) is 19.1. The number of halogens is 4. The van der Waals surface area contributed by atoms with E-state index >= 15 is 0 Å². The molecule has 3 aromatic rings. The van der Waals surface area contributed by atoms with Gasteiger partial charge in [-0.2, -0.15) is 28.2 Å². The molecular weight excluding hydrogens is 430 g/mol. The number of amides is 1. The van der Waals surface area contributed by atoms with Gasteiger partial charge >= 0.3 is 6.18 Å². The van der Waals surface area contributed by atoms with Gasteiger partial charge in [0, 0.05) is 12.2 Å². The van der Waals surface area contributed by atoms with Gasteiger partial charge in [-0.3, -0.25) is 4.79 Å². The molecule has 1 aromatic carbocycles. The van der Waals surface area contributed by atoms with Gasteiger partial charge in [-0.25, -0.2) is 9.37 Å². The van der Waals surface area contributed by atoms with Crippen LogP contribution >= 0.6 is 0 Å². The minimum Gasteiger partial charge on any atom is -0.470 e. The number of aromatic nitrogens is 4. The lowest BCUT2D eigenvalue weighted by Gasteiger charge is -2.38. The second kappa shape index (κ2) is 8.56. The summed E-state index contributed by atoms with van der Waals surface area (Å²) < 4.78 is 58.7. The quantitative estimate of drug-likeness (QED) is 0.565. The number of para-hydroxylation sites is 1. The number of nitrogens with zero attached hydrogens (tertiary/aromatic N) is 5. The molecule has 1 saturated heterocycles. The number of hydrogen-bond acceptors (Lipinski definition) is 5. The van der Waals surface area contributed by atoms with E-state index in [9.17, 15) is 22.4 Å². The van der Waals surface area contributed by atoms with E-state index in [1.54, 1.807) is 29.2 Å². The van der Waals surface area contributed by atoms with E-state index in [4.69, 9.17) is 4.74 Å². The van der Waals surface area contributed by atoms with Crippen LogP contribution in [0.1, 0.15) is 35.7 Å². The number of hydrogen-bond donors (Lipinski definition) is 0. The average molecular weight is 449 g/mol. The Labute approximate surface area is 180 Å². The fourth-order valence-electron chi connectivity index (χ4n) is 3.66. The van der Waals surface area contributed by atoms with Gasteiger partial charge in [-0.15, -0.1) is 0 Å². The highest BCUT2D eigenvalue weighted by molar-refractivity contribution is 5.98. The average Bonchev–Trinajstić information content (AvgIpc) is 3.30. The molecular formula is C21H19F4N5O2. The molecule has 0 N–H and O–H groups in total. The zero-order valence-electron chi connectivity index (χ0n) is 17.0. The largest absolute Gasteiger partial charge is 0.470 e. The lowest BCUT2D eigenvalue weighted by molar-refractivity contribution is -0.140. The van der Waals surface area contributed by atoms with E-state index < -0.39 is 29.5 Å². The Morgan fingerprint density at radius 2 is 1.81 bits per heavy atom. The lowest BCUT2D eigenvalue weighted by Crippen LogP contribution is -2.49. The molecule has 1 fully saturated rings. The SMILES string of the molecule is C[C@@H]1CC[C@@H](Oc2nccc(C(F)(F)F)c2F)CN1C(=O)c1ccccc1-n1nccn1. The number of pyridine rings is 1. The first-order valence-corrected chi connectivity index (χ1v) is 9.90. The molecule has 3 heterocycles. The van der Waals surface area contributed by atoms with Crippen LogP contribution in [0.2, 0.25) is 0 Å². The van der Waals surface area contributed by atoms with E-state index in [0.717, 1.165) is 6.20 Å². The van der Waals surface area contributed by atoms with Crippen molar-refractivity contribution < 1.29 is 27.1 Å². The topological polar surface area (TPSA) is 73.1 Å². The van der Waals surface area contributed by atoms with E-state index in [0.29, 0.717) is 30.2 Å². The van der Waals surface area contributed by atoms with E-state index in [2.05, 4.69) is 15.2 Å². The minimum atomic E-state index is -4.86. The number of benzene rings is 1. The van der Waals surface area contributed by atoms with Gasteiger partial charge < -0.3 is 9.64 Å². The highest BCUT2D eigenvalue weighted by Crippen LogP contribution is 2.34. The molecule has 0 unspecified atom stereocenters. The summed E-state index contributed by atoms with van der Waals surface area (Å²) in [6, 6.07) is 7.22. The van der Waals surface area contributed by atoms with Crippen LogP contribution in [0, 0.1) is 5.82 Å². The van der Waals surface area contributed by atoms with Gasteiger partial charge in [0.1, 0.15) is 6.10 Å². The Bertz CT molecular complexity index is 1100. The van der Waals surface area contributed by atoms with Crippen LogP contribution in [0.15, 0.2) is 48.9 Å². The maximum absolute atomic E-state index is 14.3. The first-order chi connectivity index (χ1) is 15.3. The van der Waals surface area contributed by atoms with Crippen molar-refractivity contribution in [3.63, 3.8) is 0 Å². The molecule has 1 aliphatic rings. The molecule has 0 radical (unpaired) electrons. The number of carbonyl (C=O) groups excluding carboxylic acids is 1. The Hall–Kier alpha value is -3.50. The summed E-state index contributed by atoms with van der Waals surface area (Å²) in [5.41, 5.74) is -0.594. The Morgan fingerprint density at radius 3 is 2.53 bits per heavy atom. The zero-order chi connectivity index (χ0) is 22.9. The van der Waals surface area contributed by atoms with Crippen LogP contribution in [0.25, 0.3) is 5.69 Å². The van der Waals surface area contributed by atoms with Crippen molar-refractivity contribution in [3.8, 4) is 11.6 Å². The number of piperidine rings is 1. The third kappa shape index (κ3) is 4.27. The summed E-state index contributed by atoms with van der Waals surface area (Å²) in [7, 11) is 0. The van der Waals surface area contributed by atoms with Crippen LogP contribution in [-0.2, 0) is 6.18 Å². The maximum atomic E-state index is 14.3. The molecule has 4 rings (SSSR count). The number of carbonyl (C=O) groups is 1. The van der Waals surface area contributed by atoms with Crippen molar-refractivity contribution in [3.05, 3.63) is 65.9 Å². The van der Waals surface area contributed by atoms with Gasteiger partial charge in [-0.1, -0.05) is 12.1 Å². The summed E-state index contributed by atoms with van der Waals surface area (Å²) in [4.78, 5) is 19.8. The van der Waals surface area contributed by atoms with Crippen molar-refractivity contribution in [2.24, 2.45) is 0 Å². The predicted molar refractivity (Wildman–Crippen MR) is 105 cm³/mol. The van der Waals surface area contributed by atoms with Crippen molar-refractivity contribution in [2.45, 2.75) is 38.1 Å². The summed E-state index contributed by atoms with van der Waals surface area (Å²) in [5.74, 6) is -2.60. The minimum absolute atomic E-state index is 0.0677. The third-order valence-electron chi connectivity index (χ3n) is 5.31. The highest BCUT2D eigenvalue weighted by atomic mass is 19.4. The molecule has 0 bridgehead atoms. The number of rotatable bonds is 4. The van der Waals surface area contributed by atoms with E-state index in [1.165, 1.54) is 17.2 Å². The summed E-state index contributed by atoms with van der Waals surface area (Å²) in [5, 5.41) is 8.14. The predicted octanol–water partition coefficient (Wildman–Crippen LogP) is 3.89. The maximum Gasteiger partial charge on any atom is 0.419 e. The van der Waals surface area contributed by atoms with Crippen LogP contribution in [0.3, 0.4) is 0 Å². The highest BCUT2D eigenvalue weighted by Gasteiger charge is 2.37. The second-order valence-corrected chi connectivity index (χ2v) is 7.43. The van der Waals surface area contributed by atoms with Gasteiger partial charge in [0.25, 0.3) is 11.8 Å². The molecule has 2 aromatic heterocycles. The molecule has 1 aliphatic heterocycles. The molecule has 168 valence electrons. The van der Waals surface area contributed by atoms with Crippen LogP contribution in [0.4, 0.5) is 17.6 Å². The Kier molecular flexibility index (Phi) is 5.81. The second-order valence-electron chi connectivity index (χ2n) is 7.43. The standard InChI is InChI=1S/C21H19F4N5O2/c1-13-6-7-14(32-19-18(22)16(8-9-26-19)21(23,24)25)12-29(13)20(31)15-4-2-3-5-17(15)30-27-10-11-28-30/h2-5,8-11,13-14H,6-7,12H2,1H3/t13-,14-/m1/s1. The Morgan fingerprint density at radius 1 is 1.09 bits per heavy atom. The molecule has 2 atom stereocenters. The summed E-state index contributed by atoms with van der Waals surface area (Å²) in [6.45, 7) is 1.93. The van der Waals surface area contributed by atoms with E-state index in [1.807, 2.05) is 6.92 Å². The van der Waals surface area contributed by atoms with Gasteiger partial charge in [0.2, 0.25) is 0 Å². The fraction of sp³-hybridized carbons (Fsp3) is 0.333. The molecule has 0 spiro atoms. The van der Waals surface area contributed by atoms with Crippen molar-refractivity contribution >= 4 is 5.91 Å². The van der Waals surface area contributed by atoms with Crippen LogP contribution in [0.5, 0.6) is 5.88 Å². The molecule has 1 amide bonds. The van der Waals surface area contributed by atoms with Crippen LogP contribution < -0.4 is 4.74 Å². The monoisotopic (exact) mass is 449 g/mol. The molecule has 0 aliphatic carbocycles. The molecule has 11 heteroatoms. The number of alkyl halides is 3. The smallest absolute Gasteiger partial charge is 0.419 e. The molecule has 7 nitrogen and oxygen atoms in total. The van der Waals surface area contributed by atoms with Gasteiger partial charge in [-0.05, 0) is 38.0 Å². The first kappa shape index (κ1) is 21.7. The number of likely N-dealkylation sites (tertiary alicyclic amines) is 1. The van der Waals surface area contributed by atoms with Gasteiger partial charge in [0.15, 0.2) is 5.82 Å². The zero-order valence-corrected chi connectivity index (χ0v) is 17.0. The van der Waals surface area contributed by atoms with Gasteiger partial charge in [0.05, 0.1) is 35.8 Å². The van der Waals surface area contributed by atoms with Crippen molar-refractivity contribution in [1.29, 1.82) is 0 Å². The fourth-order valence-corrected chi connectivity index (χ4v) is 3.66. The van der Waals surface area contributed by atoms with E-state index in [-0.39, 0.29) is 18.5 Å². The third-order valence-corrected chi connectivity index (χ3v) is 5.31. The van der Waals surface area contributed by atoms with Crippen LogP contribution in [-0.4, -0.2) is 49.5 Å². The van der Waals surface area contributed by atoms with Crippen molar-refractivity contribution in [1.82, 2.24) is 24.9 Å². The summed E-state index contributed by atoms with van der Waals surface area (Å²) >= 11 is 0. The number of ether oxygens (including phenoxy) is 1. The molecule has 32 heavy (non-hydrogen) atoms. The Balaban J connectivity index is 1.56. The lowest BCUT2D eigenvalue weighted by atomic mass is 9.99. The van der Waals surface area contributed by atoms with Crippen molar-refractivity contribution in [2.75, 3.05) is 6.54 Å².